The molecule has 116 valence electrons. The van der Waals surface area contributed by atoms with E-state index in [1.54, 1.807) is 0 Å². The van der Waals surface area contributed by atoms with E-state index in [4.69, 9.17) is 4.74 Å². The first-order valence-electron chi connectivity index (χ1n) is 7.89. The van der Waals surface area contributed by atoms with Crippen LogP contribution < -0.4 is 10.6 Å². The molecule has 0 aliphatic carbocycles. The van der Waals surface area contributed by atoms with Crippen LogP contribution in [0.3, 0.4) is 0 Å². The standard InChI is InChI=1S/C17H22N4O/c1-2-18-17-20-15(13-7-4-3-5-8-13)11-16(21-17)19-12-14-9-6-10-22-14/h3-5,7-8,11,14H,2,6,9-10,12H2,1H3,(H2,18,19,20,21)/t14-/m0/s1. The molecule has 2 aromatic rings. The van der Waals surface area contributed by atoms with Crippen LogP contribution >= 0.6 is 0 Å². The van der Waals surface area contributed by atoms with Gasteiger partial charge >= 0.3 is 0 Å². The van der Waals surface area contributed by atoms with Crippen LogP contribution in [0.15, 0.2) is 36.4 Å². The fourth-order valence-corrected chi connectivity index (χ4v) is 2.56. The summed E-state index contributed by atoms with van der Waals surface area (Å²) < 4.78 is 5.65. The van der Waals surface area contributed by atoms with Gasteiger partial charge in [-0.3, -0.25) is 0 Å². The summed E-state index contributed by atoms with van der Waals surface area (Å²) in [5, 5.41) is 6.57. The maximum absolute atomic E-state index is 5.65. The molecule has 0 radical (unpaired) electrons. The number of hydrogen-bond donors (Lipinski definition) is 2. The molecule has 5 nitrogen and oxygen atoms in total. The van der Waals surface area contributed by atoms with Gasteiger partial charge in [0.2, 0.25) is 5.95 Å². The zero-order valence-corrected chi connectivity index (χ0v) is 12.9. The second-order valence-corrected chi connectivity index (χ2v) is 5.37. The molecule has 1 aliphatic heterocycles. The predicted octanol–water partition coefficient (Wildman–Crippen LogP) is 3.17. The third-order valence-electron chi connectivity index (χ3n) is 3.67. The summed E-state index contributed by atoms with van der Waals surface area (Å²) in [5.74, 6) is 1.49. The zero-order chi connectivity index (χ0) is 15.2. The van der Waals surface area contributed by atoms with Crippen molar-refractivity contribution >= 4 is 11.8 Å². The monoisotopic (exact) mass is 298 g/mol. The first-order chi connectivity index (χ1) is 10.8. The molecule has 1 fully saturated rings. The molecule has 5 heteroatoms. The van der Waals surface area contributed by atoms with Crippen molar-refractivity contribution in [3.05, 3.63) is 36.4 Å². The number of anilines is 2. The van der Waals surface area contributed by atoms with Crippen molar-refractivity contribution in [1.29, 1.82) is 0 Å². The van der Waals surface area contributed by atoms with Crippen LogP contribution in [-0.4, -0.2) is 35.8 Å². The number of rotatable bonds is 6. The maximum Gasteiger partial charge on any atom is 0.225 e. The molecule has 1 saturated heterocycles. The molecule has 2 N–H and O–H groups in total. The van der Waals surface area contributed by atoms with Crippen molar-refractivity contribution < 1.29 is 4.74 Å². The molecule has 22 heavy (non-hydrogen) atoms. The number of ether oxygens (including phenoxy) is 1. The first-order valence-corrected chi connectivity index (χ1v) is 7.89. The highest BCUT2D eigenvalue weighted by Crippen LogP contribution is 2.22. The summed E-state index contributed by atoms with van der Waals surface area (Å²) in [7, 11) is 0. The van der Waals surface area contributed by atoms with Crippen LogP contribution in [0.2, 0.25) is 0 Å². The van der Waals surface area contributed by atoms with Gasteiger partial charge in [0.1, 0.15) is 5.82 Å². The van der Waals surface area contributed by atoms with E-state index in [1.165, 1.54) is 0 Å². The van der Waals surface area contributed by atoms with Crippen molar-refractivity contribution in [2.24, 2.45) is 0 Å². The van der Waals surface area contributed by atoms with Crippen molar-refractivity contribution in [3.63, 3.8) is 0 Å². The van der Waals surface area contributed by atoms with E-state index in [1.807, 2.05) is 31.2 Å². The molecule has 1 atom stereocenters. The Morgan fingerprint density at radius 2 is 2.05 bits per heavy atom. The SMILES string of the molecule is CCNc1nc(NC[C@@H]2CCCO2)cc(-c2ccccc2)n1. The van der Waals surface area contributed by atoms with Crippen LogP contribution in [0.1, 0.15) is 19.8 Å². The summed E-state index contributed by atoms with van der Waals surface area (Å²) in [4.78, 5) is 9.10. The van der Waals surface area contributed by atoms with Crippen molar-refractivity contribution in [2.45, 2.75) is 25.9 Å². The molecule has 1 aromatic carbocycles. The summed E-state index contributed by atoms with van der Waals surface area (Å²) in [5.41, 5.74) is 2.01. The lowest BCUT2D eigenvalue weighted by Gasteiger charge is -2.13. The average Bonchev–Trinajstić information content (AvgIpc) is 3.07. The Bertz CT molecular complexity index is 597. The number of nitrogens with one attached hydrogen (secondary N) is 2. The normalized spacial score (nSPS) is 17.4. The molecule has 1 aromatic heterocycles. The lowest BCUT2D eigenvalue weighted by Crippen LogP contribution is -2.19. The third-order valence-corrected chi connectivity index (χ3v) is 3.67. The molecule has 0 unspecified atom stereocenters. The van der Waals surface area contributed by atoms with Crippen molar-refractivity contribution in [2.75, 3.05) is 30.3 Å². The van der Waals surface area contributed by atoms with Gasteiger partial charge in [-0.25, -0.2) is 4.98 Å². The van der Waals surface area contributed by atoms with E-state index in [2.05, 4.69) is 32.7 Å². The molecular weight excluding hydrogens is 276 g/mol. The minimum atomic E-state index is 0.290. The van der Waals surface area contributed by atoms with Gasteiger partial charge in [-0.15, -0.1) is 0 Å². The van der Waals surface area contributed by atoms with E-state index in [0.717, 1.165) is 49.6 Å². The average molecular weight is 298 g/mol. The van der Waals surface area contributed by atoms with Gasteiger partial charge in [0.15, 0.2) is 0 Å². The molecule has 3 rings (SSSR count). The van der Waals surface area contributed by atoms with Gasteiger partial charge < -0.3 is 15.4 Å². The largest absolute Gasteiger partial charge is 0.376 e. The molecular formula is C17H22N4O. The summed E-state index contributed by atoms with van der Waals surface area (Å²) in [6, 6.07) is 12.1. The van der Waals surface area contributed by atoms with E-state index >= 15 is 0 Å². The Hall–Kier alpha value is -2.14. The van der Waals surface area contributed by atoms with Gasteiger partial charge in [0.25, 0.3) is 0 Å². The minimum Gasteiger partial charge on any atom is -0.376 e. The van der Waals surface area contributed by atoms with Gasteiger partial charge in [-0.2, -0.15) is 4.98 Å². The Morgan fingerprint density at radius 3 is 2.77 bits per heavy atom. The van der Waals surface area contributed by atoms with Crippen LogP contribution in [0.4, 0.5) is 11.8 Å². The first kappa shape index (κ1) is 14.8. The van der Waals surface area contributed by atoms with E-state index in [9.17, 15) is 0 Å². The van der Waals surface area contributed by atoms with Crippen LogP contribution in [0, 0.1) is 0 Å². The smallest absolute Gasteiger partial charge is 0.225 e. The highest BCUT2D eigenvalue weighted by Gasteiger charge is 2.15. The Labute approximate surface area is 131 Å². The molecule has 0 spiro atoms. The Kier molecular flexibility index (Phi) is 4.85. The fourth-order valence-electron chi connectivity index (χ4n) is 2.56. The zero-order valence-electron chi connectivity index (χ0n) is 12.9. The molecule has 2 heterocycles. The number of hydrogen-bond acceptors (Lipinski definition) is 5. The van der Waals surface area contributed by atoms with E-state index < -0.39 is 0 Å². The van der Waals surface area contributed by atoms with Crippen LogP contribution in [-0.2, 0) is 4.74 Å². The van der Waals surface area contributed by atoms with E-state index in [0.29, 0.717) is 5.95 Å². The maximum atomic E-state index is 5.65. The quantitative estimate of drug-likeness (QED) is 0.858. The van der Waals surface area contributed by atoms with E-state index in [-0.39, 0.29) is 6.10 Å². The van der Waals surface area contributed by atoms with Gasteiger partial charge in [-0.05, 0) is 19.8 Å². The summed E-state index contributed by atoms with van der Waals surface area (Å²) in [6.07, 6.45) is 2.55. The highest BCUT2D eigenvalue weighted by atomic mass is 16.5. The molecule has 0 saturated carbocycles. The molecule has 0 bridgehead atoms. The topological polar surface area (TPSA) is 59.1 Å². The summed E-state index contributed by atoms with van der Waals surface area (Å²) >= 11 is 0. The van der Waals surface area contributed by atoms with Crippen molar-refractivity contribution in [3.8, 4) is 11.3 Å². The number of aromatic nitrogens is 2. The lowest BCUT2D eigenvalue weighted by molar-refractivity contribution is 0.120. The molecule has 1 aliphatic rings. The number of benzene rings is 1. The van der Waals surface area contributed by atoms with Crippen molar-refractivity contribution in [1.82, 2.24) is 9.97 Å². The highest BCUT2D eigenvalue weighted by molar-refractivity contribution is 5.64. The lowest BCUT2D eigenvalue weighted by atomic mass is 10.1. The molecule has 0 amide bonds. The second-order valence-electron chi connectivity index (χ2n) is 5.37. The minimum absolute atomic E-state index is 0.290. The predicted molar refractivity (Wildman–Crippen MR) is 89.1 cm³/mol. The summed E-state index contributed by atoms with van der Waals surface area (Å²) in [6.45, 7) is 4.49. The fraction of sp³-hybridized carbons (Fsp3) is 0.412. The second kappa shape index (κ2) is 7.22. The Balaban J connectivity index is 1.80. The third kappa shape index (κ3) is 3.74. The van der Waals surface area contributed by atoms with Gasteiger partial charge in [0.05, 0.1) is 11.8 Å². The van der Waals surface area contributed by atoms with Crippen LogP contribution in [0.25, 0.3) is 11.3 Å². The van der Waals surface area contributed by atoms with Gasteiger partial charge in [-0.1, -0.05) is 30.3 Å². The Morgan fingerprint density at radius 1 is 1.18 bits per heavy atom. The number of nitrogens with zero attached hydrogens (tertiary/aromatic N) is 2. The van der Waals surface area contributed by atoms with Crippen LogP contribution in [0.5, 0.6) is 0 Å². The van der Waals surface area contributed by atoms with Gasteiger partial charge in [0, 0.05) is 31.3 Å².